The van der Waals surface area contributed by atoms with E-state index in [-0.39, 0.29) is 0 Å². The zero-order valence-electron chi connectivity index (χ0n) is 10.5. The van der Waals surface area contributed by atoms with Crippen molar-refractivity contribution < 1.29 is 4.74 Å². The molecule has 0 saturated heterocycles. The number of hydrogen-bond acceptors (Lipinski definition) is 3. The highest BCUT2D eigenvalue weighted by Gasteiger charge is 2.10. The Bertz CT molecular complexity index is 526. The van der Waals surface area contributed by atoms with E-state index >= 15 is 0 Å². The lowest BCUT2D eigenvalue weighted by Crippen LogP contribution is -1.96. The van der Waals surface area contributed by atoms with Gasteiger partial charge >= 0.3 is 0 Å². The quantitative estimate of drug-likeness (QED) is 0.787. The van der Waals surface area contributed by atoms with Crippen LogP contribution in [-0.2, 0) is 6.42 Å². The first-order valence-electron chi connectivity index (χ1n) is 5.90. The number of rotatable bonds is 4. The Balaban J connectivity index is 2.45. The summed E-state index contributed by atoms with van der Waals surface area (Å²) in [6, 6.07) is 7.80. The topological polar surface area (TPSA) is 35.0 Å². The first-order valence-corrected chi connectivity index (χ1v) is 6.27. The van der Waals surface area contributed by atoms with Crippen LogP contribution >= 0.6 is 11.6 Å². The summed E-state index contributed by atoms with van der Waals surface area (Å²) in [5.74, 6) is 0.830. The lowest BCUT2D eigenvalue weighted by molar-refractivity contribution is 0.415. The first-order chi connectivity index (χ1) is 8.76. The summed E-state index contributed by atoms with van der Waals surface area (Å²) in [7, 11) is 1.65. The van der Waals surface area contributed by atoms with Crippen molar-refractivity contribution in [2.45, 2.75) is 19.8 Å². The van der Waals surface area contributed by atoms with Crippen LogP contribution in [0.4, 0.5) is 0 Å². The average Bonchev–Trinajstić information content (AvgIpc) is 2.41. The molecule has 2 rings (SSSR count). The Morgan fingerprint density at radius 2 is 1.89 bits per heavy atom. The van der Waals surface area contributed by atoms with Crippen molar-refractivity contribution in [3.05, 3.63) is 41.3 Å². The van der Waals surface area contributed by atoms with Crippen molar-refractivity contribution in [3.8, 4) is 17.0 Å². The number of hydrogen-bond donors (Lipinski definition) is 0. The van der Waals surface area contributed by atoms with E-state index in [0.29, 0.717) is 5.15 Å². The third kappa shape index (κ3) is 2.62. The summed E-state index contributed by atoms with van der Waals surface area (Å²) in [5.41, 5.74) is 2.94. The minimum absolute atomic E-state index is 0.540. The van der Waals surface area contributed by atoms with Crippen molar-refractivity contribution in [3.63, 3.8) is 0 Å². The molecule has 0 saturated carbocycles. The normalized spacial score (nSPS) is 10.4. The van der Waals surface area contributed by atoms with Crippen LogP contribution in [-0.4, -0.2) is 17.1 Å². The van der Waals surface area contributed by atoms with Gasteiger partial charge in [-0.1, -0.05) is 24.9 Å². The van der Waals surface area contributed by atoms with Gasteiger partial charge in [0.2, 0.25) is 0 Å². The third-order valence-corrected chi connectivity index (χ3v) is 3.08. The van der Waals surface area contributed by atoms with Crippen molar-refractivity contribution in [1.29, 1.82) is 0 Å². The van der Waals surface area contributed by atoms with Crippen LogP contribution in [0.25, 0.3) is 11.3 Å². The molecule has 0 fully saturated rings. The minimum Gasteiger partial charge on any atom is -0.497 e. The molecule has 0 atom stereocenters. The molecule has 0 spiro atoms. The lowest BCUT2D eigenvalue weighted by atomic mass is 10.0. The second-order valence-electron chi connectivity index (χ2n) is 3.97. The molecule has 4 heteroatoms. The van der Waals surface area contributed by atoms with E-state index in [4.69, 9.17) is 16.3 Å². The van der Waals surface area contributed by atoms with Gasteiger partial charge in [0, 0.05) is 11.1 Å². The maximum absolute atomic E-state index is 6.14. The standard InChI is InChI=1S/C14H15ClN2O/c1-3-4-12-13(16-9-17-14(12)15)10-5-7-11(18-2)8-6-10/h5-9H,3-4H2,1-2H3. The molecule has 2 aromatic rings. The van der Waals surface area contributed by atoms with Crippen molar-refractivity contribution in [1.82, 2.24) is 9.97 Å². The molecule has 1 aromatic carbocycles. The Hall–Kier alpha value is -1.61. The van der Waals surface area contributed by atoms with Gasteiger partial charge in [0.1, 0.15) is 17.2 Å². The Morgan fingerprint density at radius 1 is 1.17 bits per heavy atom. The third-order valence-electron chi connectivity index (χ3n) is 2.76. The number of halogens is 1. The zero-order chi connectivity index (χ0) is 13.0. The first kappa shape index (κ1) is 12.8. The molecule has 3 nitrogen and oxygen atoms in total. The molecule has 1 heterocycles. The summed E-state index contributed by atoms with van der Waals surface area (Å²) in [5, 5.41) is 0.540. The van der Waals surface area contributed by atoms with Crippen LogP contribution < -0.4 is 4.74 Å². The largest absolute Gasteiger partial charge is 0.497 e. The number of aromatic nitrogens is 2. The molecule has 0 aliphatic rings. The molecule has 0 N–H and O–H groups in total. The molecule has 1 aromatic heterocycles. The second kappa shape index (κ2) is 5.83. The van der Waals surface area contributed by atoms with Gasteiger partial charge in [-0.25, -0.2) is 9.97 Å². The maximum Gasteiger partial charge on any atom is 0.136 e. The van der Waals surface area contributed by atoms with Crippen molar-refractivity contribution in [2.24, 2.45) is 0 Å². The van der Waals surface area contributed by atoms with Crippen LogP contribution in [0, 0.1) is 0 Å². The number of methoxy groups -OCH3 is 1. The summed E-state index contributed by atoms with van der Waals surface area (Å²) < 4.78 is 5.15. The summed E-state index contributed by atoms with van der Waals surface area (Å²) >= 11 is 6.14. The number of benzene rings is 1. The molecule has 0 radical (unpaired) electrons. The highest BCUT2D eigenvalue weighted by atomic mass is 35.5. The molecule has 0 aliphatic heterocycles. The molecule has 18 heavy (non-hydrogen) atoms. The zero-order valence-corrected chi connectivity index (χ0v) is 11.2. The smallest absolute Gasteiger partial charge is 0.136 e. The van der Waals surface area contributed by atoms with Crippen molar-refractivity contribution >= 4 is 11.6 Å². The fourth-order valence-corrected chi connectivity index (χ4v) is 2.09. The van der Waals surface area contributed by atoms with Crippen LogP contribution in [0.3, 0.4) is 0 Å². The van der Waals surface area contributed by atoms with Gasteiger partial charge < -0.3 is 4.74 Å². The lowest BCUT2D eigenvalue weighted by Gasteiger charge is -2.09. The van der Waals surface area contributed by atoms with E-state index in [0.717, 1.165) is 35.4 Å². The van der Waals surface area contributed by atoms with Gasteiger partial charge in [-0.3, -0.25) is 0 Å². The SMILES string of the molecule is CCCc1c(Cl)ncnc1-c1ccc(OC)cc1. The monoisotopic (exact) mass is 262 g/mol. The molecule has 0 aliphatic carbocycles. The fraction of sp³-hybridized carbons (Fsp3) is 0.286. The van der Waals surface area contributed by atoms with Crippen LogP contribution in [0.1, 0.15) is 18.9 Å². The predicted molar refractivity (Wildman–Crippen MR) is 73.0 cm³/mol. The van der Waals surface area contributed by atoms with Gasteiger partial charge in [-0.15, -0.1) is 0 Å². The molecular weight excluding hydrogens is 248 g/mol. The average molecular weight is 263 g/mol. The van der Waals surface area contributed by atoms with E-state index < -0.39 is 0 Å². The second-order valence-corrected chi connectivity index (χ2v) is 4.33. The van der Waals surface area contributed by atoms with Crippen LogP contribution in [0.2, 0.25) is 5.15 Å². The molecule has 0 amide bonds. The summed E-state index contributed by atoms with van der Waals surface area (Å²) in [4.78, 5) is 8.39. The van der Waals surface area contributed by atoms with E-state index in [1.165, 1.54) is 6.33 Å². The van der Waals surface area contributed by atoms with Crippen LogP contribution in [0.15, 0.2) is 30.6 Å². The Morgan fingerprint density at radius 3 is 2.50 bits per heavy atom. The van der Waals surface area contributed by atoms with Gasteiger partial charge in [0.25, 0.3) is 0 Å². The molecular formula is C14H15ClN2O. The van der Waals surface area contributed by atoms with Gasteiger partial charge in [0.15, 0.2) is 0 Å². The molecule has 0 unspecified atom stereocenters. The summed E-state index contributed by atoms with van der Waals surface area (Å²) in [6.45, 7) is 2.11. The molecule has 0 bridgehead atoms. The number of nitrogens with zero attached hydrogens (tertiary/aromatic N) is 2. The van der Waals surface area contributed by atoms with Gasteiger partial charge in [0.05, 0.1) is 12.8 Å². The van der Waals surface area contributed by atoms with E-state index in [1.807, 2.05) is 24.3 Å². The van der Waals surface area contributed by atoms with Crippen LogP contribution in [0.5, 0.6) is 5.75 Å². The minimum atomic E-state index is 0.540. The fourth-order valence-electron chi connectivity index (χ4n) is 1.86. The highest BCUT2D eigenvalue weighted by Crippen LogP contribution is 2.27. The maximum atomic E-state index is 6.14. The Kier molecular flexibility index (Phi) is 4.15. The Labute approximate surface area is 112 Å². The van der Waals surface area contributed by atoms with Gasteiger partial charge in [-0.05, 0) is 30.7 Å². The molecule has 94 valence electrons. The van der Waals surface area contributed by atoms with E-state index in [1.54, 1.807) is 7.11 Å². The van der Waals surface area contributed by atoms with Gasteiger partial charge in [-0.2, -0.15) is 0 Å². The predicted octanol–water partition coefficient (Wildman–Crippen LogP) is 3.76. The van der Waals surface area contributed by atoms with E-state index in [9.17, 15) is 0 Å². The summed E-state index contributed by atoms with van der Waals surface area (Å²) in [6.07, 6.45) is 3.39. The number of ether oxygens (including phenoxy) is 1. The highest BCUT2D eigenvalue weighted by molar-refractivity contribution is 6.30. The van der Waals surface area contributed by atoms with E-state index in [2.05, 4.69) is 16.9 Å². The van der Waals surface area contributed by atoms with Crippen molar-refractivity contribution in [2.75, 3.05) is 7.11 Å².